The van der Waals surface area contributed by atoms with Gasteiger partial charge < -0.3 is 0 Å². The van der Waals surface area contributed by atoms with Crippen LogP contribution in [0.5, 0.6) is 0 Å². The van der Waals surface area contributed by atoms with Crippen molar-refractivity contribution < 1.29 is 0 Å². The molecule has 0 heteroatoms. The van der Waals surface area contributed by atoms with E-state index in [1.54, 1.807) is 16.7 Å². The van der Waals surface area contributed by atoms with Gasteiger partial charge in [0.1, 0.15) is 0 Å². The Labute approximate surface area is 218 Å². The lowest BCUT2D eigenvalue weighted by Gasteiger charge is -2.38. The summed E-state index contributed by atoms with van der Waals surface area (Å²) in [6.45, 7) is 11.7. The largest absolute Gasteiger partial charge is 0.0911 e. The van der Waals surface area contributed by atoms with Crippen molar-refractivity contribution in [2.45, 2.75) is 136 Å². The molecule has 0 bridgehead atoms. The Morgan fingerprint density at radius 1 is 0.829 bits per heavy atom. The zero-order chi connectivity index (χ0) is 25.2. The summed E-state index contributed by atoms with van der Waals surface area (Å²) in [5.41, 5.74) is 6.87. The van der Waals surface area contributed by atoms with E-state index in [0.717, 1.165) is 6.42 Å². The van der Waals surface area contributed by atoms with Crippen LogP contribution >= 0.6 is 0 Å². The predicted octanol–water partition coefficient (Wildman–Crippen LogP) is 11.4. The lowest BCUT2D eigenvalue weighted by Crippen LogP contribution is -2.29. The lowest BCUT2D eigenvalue weighted by atomic mass is 9.66. The molecule has 2 aliphatic rings. The number of allylic oxidation sites excluding steroid dienone is 6. The molecule has 0 fully saturated rings. The molecule has 1 aromatic rings. The van der Waals surface area contributed by atoms with Crippen molar-refractivity contribution in [1.29, 1.82) is 0 Å². The van der Waals surface area contributed by atoms with Crippen LogP contribution < -0.4 is 0 Å². The fraction of sp³-hybridized carbons (Fsp3) is 0.657. The van der Waals surface area contributed by atoms with Crippen LogP contribution in [0.1, 0.15) is 142 Å². The number of hydrogen-bond acceptors (Lipinski definition) is 0. The van der Waals surface area contributed by atoms with Crippen molar-refractivity contribution in [2.24, 2.45) is 11.3 Å². The molecule has 2 aliphatic carbocycles. The van der Waals surface area contributed by atoms with Crippen molar-refractivity contribution in [3.63, 3.8) is 0 Å². The first kappa shape index (κ1) is 28.0. The zero-order valence-electron chi connectivity index (χ0n) is 23.8. The summed E-state index contributed by atoms with van der Waals surface area (Å²) >= 11 is 0. The van der Waals surface area contributed by atoms with Crippen molar-refractivity contribution in [2.75, 3.05) is 0 Å². The molecule has 0 N–H and O–H groups in total. The molecular weight excluding hydrogens is 420 g/mol. The van der Waals surface area contributed by atoms with E-state index in [9.17, 15) is 0 Å². The van der Waals surface area contributed by atoms with Gasteiger partial charge >= 0.3 is 0 Å². The third kappa shape index (κ3) is 6.81. The highest BCUT2D eigenvalue weighted by molar-refractivity contribution is 5.90. The topological polar surface area (TPSA) is 0 Å². The van der Waals surface area contributed by atoms with Crippen molar-refractivity contribution in [1.82, 2.24) is 0 Å². The lowest BCUT2D eigenvalue weighted by molar-refractivity contribution is 0.333. The van der Waals surface area contributed by atoms with Gasteiger partial charge in [0.2, 0.25) is 0 Å². The van der Waals surface area contributed by atoms with E-state index in [-0.39, 0.29) is 10.8 Å². The third-order valence-electron chi connectivity index (χ3n) is 8.95. The van der Waals surface area contributed by atoms with Crippen LogP contribution in [0.4, 0.5) is 0 Å². The van der Waals surface area contributed by atoms with Crippen molar-refractivity contribution >= 4 is 5.57 Å². The molecule has 0 heterocycles. The van der Waals surface area contributed by atoms with E-state index < -0.39 is 0 Å². The summed E-state index contributed by atoms with van der Waals surface area (Å²) in [7, 11) is 0. The molecule has 1 aromatic carbocycles. The maximum atomic E-state index is 2.74. The highest BCUT2D eigenvalue weighted by atomic mass is 14.5. The average Bonchev–Trinajstić information content (AvgIpc) is 3.13. The third-order valence-corrected chi connectivity index (χ3v) is 8.95. The Morgan fingerprint density at radius 2 is 1.40 bits per heavy atom. The molecule has 0 saturated carbocycles. The van der Waals surface area contributed by atoms with Gasteiger partial charge in [-0.25, -0.2) is 0 Å². The molecule has 0 aromatic heterocycles. The van der Waals surface area contributed by atoms with Gasteiger partial charge in [0.25, 0.3) is 0 Å². The highest BCUT2D eigenvalue weighted by Crippen LogP contribution is 2.58. The second kappa shape index (κ2) is 13.7. The van der Waals surface area contributed by atoms with E-state index >= 15 is 0 Å². The Kier molecular flexibility index (Phi) is 10.9. The fourth-order valence-electron chi connectivity index (χ4n) is 6.82. The normalized spacial score (nSPS) is 18.9. The molecule has 0 aliphatic heterocycles. The fourth-order valence-corrected chi connectivity index (χ4v) is 6.82. The number of rotatable bonds is 16. The summed E-state index contributed by atoms with van der Waals surface area (Å²) < 4.78 is 0. The van der Waals surface area contributed by atoms with Gasteiger partial charge in [-0.3, -0.25) is 0 Å². The van der Waals surface area contributed by atoms with Crippen LogP contribution in [-0.4, -0.2) is 0 Å². The van der Waals surface area contributed by atoms with E-state index in [1.165, 1.54) is 95.5 Å². The van der Waals surface area contributed by atoms with Crippen LogP contribution in [0.2, 0.25) is 0 Å². The summed E-state index contributed by atoms with van der Waals surface area (Å²) in [5.74, 6) is 0.584. The predicted molar refractivity (Wildman–Crippen MR) is 157 cm³/mol. The maximum absolute atomic E-state index is 2.74. The first-order chi connectivity index (χ1) is 17.0. The molecule has 194 valence electrons. The smallest absolute Gasteiger partial charge is 0.0212 e. The SMILES string of the molecule is CC=CC(C)(C)C1C=C2C(=CC1)c1ccccc1C2(CCCCCCCC)CCCCCCCC. The van der Waals surface area contributed by atoms with E-state index in [1.807, 2.05) is 0 Å². The molecule has 0 spiro atoms. The minimum atomic E-state index is 0.199. The minimum absolute atomic E-state index is 0.199. The van der Waals surface area contributed by atoms with Crippen LogP contribution in [0.3, 0.4) is 0 Å². The molecule has 1 unspecified atom stereocenters. The molecule has 0 saturated heterocycles. The number of fused-ring (bicyclic) bond motifs is 3. The van der Waals surface area contributed by atoms with Crippen LogP contribution in [-0.2, 0) is 5.41 Å². The first-order valence-corrected chi connectivity index (χ1v) is 15.2. The number of hydrogen-bond donors (Lipinski definition) is 0. The molecule has 0 nitrogen and oxygen atoms in total. The van der Waals surface area contributed by atoms with E-state index in [2.05, 4.69) is 83.2 Å². The van der Waals surface area contributed by atoms with Crippen molar-refractivity contribution in [3.8, 4) is 0 Å². The Bertz CT molecular complexity index is 846. The number of benzene rings is 1. The second-order valence-electron chi connectivity index (χ2n) is 12.0. The van der Waals surface area contributed by atoms with Crippen LogP contribution in [0.15, 0.2) is 54.1 Å². The van der Waals surface area contributed by atoms with Gasteiger partial charge in [0.15, 0.2) is 0 Å². The summed E-state index contributed by atoms with van der Waals surface area (Å²) in [6, 6.07) is 9.46. The van der Waals surface area contributed by atoms with E-state index in [0.29, 0.717) is 5.92 Å². The molecule has 1 atom stereocenters. The standard InChI is InChI=1S/C35H54/c1-6-9-11-13-15-19-26-35(27-20-16-14-12-10-7-2)32-22-18-17-21-30(32)31-24-23-29(28-33(31)35)34(4,5)25-8-3/h8,17-18,21-22,24-25,28-29H,6-7,9-16,19-20,23,26-27H2,1-5H3. The Hall–Kier alpha value is -1.56. The molecule has 0 amide bonds. The molecule has 0 radical (unpaired) electrons. The molecule has 3 rings (SSSR count). The van der Waals surface area contributed by atoms with Crippen molar-refractivity contribution in [3.05, 3.63) is 65.3 Å². The monoisotopic (exact) mass is 474 g/mol. The minimum Gasteiger partial charge on any atom is -0.0911 e. The molecule has 35 heavy (non-hydrogen) atoms. The quantitative estimate of drug-likeness (QED) is 0.165. The zero-order valence-corrected chi connectivity index (χ0v) is 23.8. The second-order valence-corrected chi connectivity index (χ2v) is 12.0. The number of unbranched alkanes of at least 4 members (excludes halogenated alkanes) is 10. The van der Waals surface area contributed by atoms with Gasteiger partial charge in [-0.2, -0.15) is 0 Å². The summed E-state index contributed by atoms with van der Waals surface area (Å²) in [4.78, 5) is 0. The Balaban J connectivity index is 1.90. The summed E-state index contributed by atoms with van der Waals surface area (Å²) in [6.07, 6.45) is 30.4. The van der Waals surface area contributed by atoms with E-state index in [4.69, 9.17) is 0 Å². The van der Waals surface area contributed by atoms with Crippen LogP contribution in [0, 0.1) is 11.3 Å². The Morgan fingerprint density at radius 3 is 2.00 bits per heavy atom. The van der Waals surface area contributed by atoms with Gasteiger partial charge in [-0.05, 0) is 59.8 Å². The van der Waals surface area contributed by atoms with Crippen LogP contribution in [0.25, 0.3) is 5.57 Å². The van der Waals surface area contributed by atoms with Gasteiger partial charge in [-0.1, -0.05) is 153 Å². The first-order valence-electron chi connectivity index (χ1n) is 15.2. The average molecular weight is 475 g/mol. The summed E-state index contributed by atoms with van der Waals surface area (Å²) in [5, 5.41) is 0. The molecular formula is C35H54. The van der Waals surface area contributed by atoms with Gasteiger partial charge in [0.05, 0.1) is 0 Å². The van der Waals surface area contributed by atoms with Gasteiger partial charge in [0, 0.05) is 5.41 Å². The van der Waals surface area contributed by atoms with Gasteiger partial charge in [-0.15, -0.1) is 0 Å². The maximum Gasteiger partial charge on any atom is 0.0212 e. The highest BCUT2D eigenvalue weighted by Gasteiger charge is 2.46.